The van der Waals surface area contributed by atoms with Crippen molar-refractivity contribution in [1.82, 2.24) is 15.5 Å². The van der Waals surface area contributed by atoms with Crippen LogP contribution in [0.5, 0.6) is 0 Å². The van der Waals surface area contributed by atoms with Crippen molar-refractivity contribution in [2.45, 2.75) is 37.8 Å². The molecule has 17 heavy (non-hydrogen) atoms. The Kier molecular flexibility index (Phi) is 3.96. The van der Waals surface area contributed by atoms with Crippen LogP contribution in [-0.2, 0) is 4.79 Å². The Balaban J connectivity index is 1.62. The molecule has 1 saturated carbocycles. The summed E-state index contributed by atoms with van der Waals surface area (Å²) in [6.07, 6.45) is 3.96. The van der Waals surface area contributed by atoms with Crippen molar-refractivity contribution in [2.24, 2.45) is 0 Å². The number of imide groups is 1. The second-order valence-corrected chi connectivity index (χ2v) is 4.85. The highest BCUT2D eigenvalue weighted by atomic mass is 16.3. The van der Waals surface area contributed by atoms with Gasteiger partial charge in [-0.2, -0.15) is 0 Å². The quantitative estimate of drug-likeness (QED) is 0.618. The lowest BCUT2D eigenvalue weighted by atomic mass is 10.2. The summed E-state index contributed by atoms with van der Waals surface area (Å²) in [4.78, 5) is 24.7. The number of nitrogens with one attached hydrogen (secondary N) is 2. The number of β-amino-alcohol motifs (C(OH)–C–C–N with tert-alkyl or cyclic N) is 1. The number of hydrogen-bond acceptors (Lipinski definition) is 4. The molecule has 6 heteroatoms. The van der Waals surface area contributed by atoms with Crippen LogP contribution in [0.3, 0.4) is 0 Å². The molecule has 6 nitrogen and oxygen atoms in total. The summed E-state index contributed by atoms with van der Waals surface area (Å²) in [6.45, 7) is 1.20. The molecule has 0 spiro atoms. The second kappa shape index (κ2) is 5.46. The maximum absolute atomic E-state index is 11.5. The first-order valence-electron chi connectivity index (χ1n) is 6.14. The summed E-state index contributed by atoms with van der Waals surface area (Å²) in [7, 11) is 0. The Bertz CT molecular complexity index is 296. The number of amides is 3. The van der Waals surface area contributed by atoms with E-state index in [0.717, 1.165) is 25.7 Å². The van der Waals surface area contributed by atoms with Gasteiger partial charge in [-0.15, -0.1) is 0 Å². The molecule has 1 aliphatic carbocycles. The first kappa shape index (κ1) is 12.3. The molecule has 2 fully saturated rings. The maximum atomic E-state index is 11.5. The molecule has 2 rings (SSSR count). The van der Waals surface area contributed by atoms with Gasteiger partial charge in [0.25, 0.3) is 0 Å². The minimum Gasteiger partial charge on any atom is -0.390 e. The fraction of sp³-hybridized carbons (Fsp3) is 0.818. The number of carbonyl (C=O) groups is 2. The molecule has 3 N–H and O–H groups in total. The summed E-state index contributed by atoms with van der Waals surface area (Å²) in [5.41, 5.74) is 0. The number of urea groups is 1. The summed E-state index contributed by atoms with van der Waals surface area (Å²) in [5.74, 6) is -0.313. The van der Waals surface area contributed by atoms with E-state index in [0.29, 0.717) is 13.1 Å². The van der Waals surface area contributed by atoms with Crippen molar-refractivity contribution in [3.63, 3.8) is 0 Å². The van der Waals surface area contributed by atoms with E-state index in [2.05, 4.69) is 10.6 Å². The van der Waals surface area contributed by atoms with E-state index in [-0.39, 0.29) is 24.6 Å². The molecule has 0 aromatic heterocycles. The number of nitrogens with zero attached hydrogens (tertiary/aromatic N) is 1. The number of aliphatic hydroxyl groups is 1. The summed E-state index contributed by atoms with van der Waals surface area (Å²) in [5, 5.41) is 14.1. The minimum absolute atomic E-state index is 0.176. The molecule has 1 aliphatic heterocycles. The van der Waals surface area contributed by atoms with Crippen LogP contribution in [0.15, 0.2) is 0 Å². The second-order valence-electron chi connectivity index (χ2n) is 4.85. The van der Waals surface area contributed by atoms with E-state index in [1.807, 2.05) is 0 Å². The zero-order valence-electron chi connectivity index (χ0n) is 9.82. The van der Waals surface area contributed by atoms with Gasteiger partial charge in [0.1, 0.15) is 0 Å². The van der Waals surface area contributed by atoms with E-state index in [9.17, 15) is 9.59 Å². The van der Waals surface area contributed by atoms with Gasteiger partial charge >= 0.3 is 6.03 Å². The van der Waals surface area contributed by atoms with E-state index < -0.39 is 6.03 Å². The molecule has 0 bridgehead atoms. The van der Waals surface area contributed by atoms with E-state index in [1.165, 1.54) is 0 Å². The highest BCUT2D eigenvalue weighted by Gasteiger charge is 2.26. The lowest BCUT2D eigenvalue weighted by Crippen LogP contribution is -2.55. The van der Waals surface area contributed by atoms with Gasteiger partial charge in [-0.1, -0.05) is 12.8 Å². The van der Waals surface area contributed by atoms with E-state index in [4.69, 9.17) is 5.11 Å². The van der Waals surface area contributed by atoms with Crippen molar-refractivity contribution in [3.8, 4) is 0 Å². The van der Waals surface area contributed by atoms with Gasteiger partial charge in [0.2, 0.25) is 5.91 Å². The highest BCUT2D eigenvalue weighted by Crippen LogP contribution is 2.17. The fourth-order valence-corrected chi connectivity index (χ4v) is 2.33. The van der Waals surface area contributed by atoms with Crippen molar-refractivity contribution >= 4 is 11.9 Å². The SMILES string of the molecule is O=C(CN1CC(O)C1)NC(=O)NC1CCCC1. The molecule has 96 valence electrons. The van der Waals surface area contributed by atoms with Gasteiger partial charge in [0, 0.05) is 19.1 Å². The Morgan fingerprint density at radius 2 is 1.88 bits per heavy atom. The Morgan fingerprint density at radius 1 is 1.24 bits per heavy atom. The smallest absolute Gasteiger partial charge is 0.321 e. The van der Waals surface area contributed by atoms with Crippen LogP contribution in [0.1, 0.15) is 25.7 Å². The minimum atomic E-state index is -0.400. The summed E-state index contributed by atoms with van der Waals surface area (Å²) in [6, 6.07) is -0.184. The van der Waals surface area contributed by atoms with Gasteiger partial charge in [0.15, 0.2) is 0 Å². The molecule has 0 unspecified atom stereocenters. The molecule has 0 atom stereocenters. The standard InChI is InChI=1S/C11H19N3O3/c15-9-5-14(6-9)7-10(16)13-11(17)12-8-3-1-2-4-8/h8-9,15H,1-7H2,(H2,12,13,16,17). The lowest BCUT2D eigenvalue weighted by molar-refractivity contribution is -0.123. The first-order chi connectivity index (χ1) is 8.13. The average Bonchev–Trinajstić information content (AvgIpc) is 2.67. The van der Waals surface area contributed by atoms with Crippen molar-refractivity contribution in [3.05, 3.63) is 0 Å². The molecular weight excluding hydrogens is 222 g/mol. The first-order valence-corrected chi connectivity index (χ1v) is 6.14. The molecule has 1 saturated heterocycles. The van der Waals surface area contributed by atoms with Gasteiger partial charge in [-0.05, 0) is 12.8 Å². The van der Waals surface area contributed by atoms with Crippen LogP contribution in [0.4, 0.5) is 4.79 Å². The van der Waals surface area contributed by atoms with E-state index in [1.54, 1.807) is 4.90 Å². The van der Waals surface area contributed by atoms with Gasteiger partial charge in [0.05, 0.1) is 12.6 Å². The Labute approximate surface area is 100 Å². The maximum Gasteiger partial charge on any atom is 0.321 e. The number of rotatable bonds is 3. The van der Waals surface area contributed by atoms with Crippen LogP contribution < -0.4 is 10.6 Å². The van der Waals surface area contributed by atoms with Crippen molar-refractivity contribution < 1.29 is 14.7 Å². The fourth-order valence-electron chi connectivity index (χ4n) is 2.33. The third-order valence-electron chi connectivity index (χ3n) is 3.25. The van der Waals surface area contributed by atoms with Crippen LogP contribution in [0.2, 0.25) is 0 Å². The normalized spacial score (nSPS) is 22.2. The van der Waals surface area contributed by atoms with Crippen molar-refractivity contribution in [1.29, 1.82) is 0 Å². The van der Waals surface area contributed by atoms with Gasteiger partial charge < -0.3 is 10.4 Å². The number of aliphatic hydroxyl groups excluding tert-OH is 1. The predicted molar refractivity (Wildman–Crippen MR) is 61.4 cm³/mol. The van der Waals surface area contributed by atoms with Crippen LogP contribution in [-0.4, -0.2) is 53.7 Å². The Morgan fingerprint density at radius 3 is 2.47 bits per heavy atom. The predicted octanol–water partition coefficient (Wildman–Crippen LogP) is -0.569. The molecule has 0 radical (unpaired) electrons. The molecule has 2 aliphatic rings. The third kappa shape index (κ3) is 3.67. The van der Waals surface area contributed by atoms with Gasteiger partial charge in [-0.25, -0.2) is 4.79 Å². The lowest BCUT2D eigenvalue weighted by Gasteiger charge is -2.34. The number of hydrogen-bond donors (Lipinski definition) is 3. The molecule has 3 amide bonds. The zero-order valence-corrected chi connectivity index (χ0v) is 9.82. The number of likely N-dealkylation sites (tertiary alicyclic amines) is 1. The van der Waals surface area contributed by atoms with Crippen LogP contribution >= 0.6 is 0 Å². The number of carbonyl (C=O) groups excluding carboxylic acids is 2. The van der Waals surface area contributed by atoms with Crippen LogP contribution in [0, 0.1) is 0 Å². The summed E-state index contributed by atoms with van der Waals surface area (Å²) >= 11 is 0. The molecule has 1 heterocycles. The topological polar surface area (TPSA) is 81.7 Å². The molecular formula is C11H19N3O3. The molecule has 0 aromatic rings. The van der Waals surface area contributed by atoms with Crippen LogP contribution in [0.25, 0.3) is 0 Å². The average molecular weight is 241 g/mol. The zero-order chi connectivity index (χ0) is 12.3. The third-order valence-corrected chi connectivity index (χ3v) is 3.25. The monoisotopic (exact) mass is 241 g/mol. The Hall–Kier alpha value is -1.14. The highest BCUT2D eigenvalue weighted by molar-refractivity contribution is 5.95. The molecule has 0 aromatic carbocycles. The van der Waals surface area contributed by atoms with E-state index >= 15 is 0 Å². The largest absolute Gasteiger partial charge is 0.390 e. The van der Waals surface area contributed by atoms with Gasteiger partial charge in [-0.3, -0.25) is 15.0 Å². The van der Waals surface area contributed by atoms with Crippen molar-refractivity contribution in [2.75, 3.05) is 19.6 Å². The summed E-state index contributed by atoms with van der Waals surface area (Å²) < 4.78 is 0.